The van der Waals surface area contributed by atoms with E-state index in [0.717, 1.165) is 32.4 Å². The van der Waals surface area contributed by atoms with Gasteiger partial charge in [-0.1, -0.05) is 6.92 Å². The number of carbonyl (C=O) groups excluding carboxylic acids is 1. The number of rotatable bonds is 5. The van der Waals surface area contributed by atoms with E-state index < -0.39 is 0 Å². The van der Waals surface area contributed by atoms with Crippen molar-refractivity contribution in [1.29, 1.82) is 0 Å². The van der Waals surface area contributed by atoms with Gasteiger partial charge < -0.3 is 14.2 Å². The van der Waals surface area contributed by atoms with Gasteiger partial charge in [0.15, 0.2) is 5.75 Å². The van der Waals surface area contributed by atoms with E-state index in [1.54, 1.807) is 18.3 Å². The zero-order chi connectivity index (χ0) is 14.4. The van der Waals surface area contributed by atoms with E-state index in [4.69, 9.17) is 4.74 Å². The molecule has 1 aliphatic heterocycles. The Morgan fingerprint density at radius 3 is 2.75 bits per heavy atom. The van der Waals surface area contributed by atoms with Crippen molar-refractivity contribution in [2.24, 2.45) is 0 Å². The molecule has 1 saturated heterocycles. The molecular formula is C15H22N2O3. The van der Waals surface area contributed by atoms with Gasteiger partial charge in [0.2, 0.25) is 5.91 Å². The van der Waals surface area contributed by atoms with Gasteiger partial charge in [0.1, 0.15) is 6.54 Å². The number of carbonyl (C=O) groups is 1. The van der Waals surface area contributed by atoms with Gasteiger partial charge in [-0.25, -0.2) is 0 Å². The van der Waals surface area contributed by atoms with E-state index in [2.05, 4.69) is 0 Å². The molecule has 5 nitrogen and oxygen atoms in total. The highest BCUT2D eigenvalue weighted by Gasteiger charge is 2.17. The molecule has 110 valence electrons. The molecule has 1 aliphatic rings. The molecule has 1 amide bonds. The minimum absolute atomic E-state index is 0.0134. The number of pyridine rings is 1. The predicted molar refractivity (Wildman–Crippen MR) is 76.9 cm³/mol. The standard InChI is InChI=1S/C15H22N2O3/c1-2-11-20-13-7-6-10-17(15(13)19)12-14(18)16-8-4-3-5-9-16/h6-7,10H,2-5,8-9,11-12H2,1H3. The summed E-state index contributed by atoms with van der Waals surface area (Å²) in [5, 5.41) is 0. The number of likely N-dealkylation sites (tertiary alicyclic amines) is 1. The van der Waals surface area contributed by atoms with Crippen LogP contribution in [0.15, 0.2) is 23.1 Å². The molecule has 1 fully saturated rings. The van der Waals surface area contributed by atoms with Gasteiger partial charge >= 0.3 is 0 Å². The van der Waals surface area contributed by atoms with Crippen LogP contribution in [0.2, 0.25) is 0 Å². The Labute approximate surface area is 119 Å². The van der Waals surface area contributed by atoms with Crippen molar-refractivity contribution in [1.82, 2.24) is 9.47 Å². The molecule has 2 rings (SSSR count). The van der Waals surface area contributed by atoms with Crippen LogP contribution in [0.3, 0.4) is 0 Å². The van der Waals surface area contributed by atoms with Gasteiger partial charge in [-0.2, -0.15) is 0 Å². The molecule has 5 heteroatoms. The first kappa shape index (κ1) is 14.6. The molecule has 1 aromatic heterocycles. The molecule has 0 aliphatic carbocycles. The summed E-state index contributed by atoms with van der Waals surface area (Å²) in [5.41, 5.74) is -0.230. The number of nitrogens with zero attached hydrogens (tertiary/aromatic N) is 2. The Hall–Kier alpha value is -1.78. The Kier molecular flexibility index (Phi) is 5.21. The number of piperidine rings is 1. The van der Waals surface area contributed by atoms with Gasteiger partial charge in [-0.15, -0.1) is 0 Å². The molecule has 0 radical (unpaired) electrons. The first-order chi connectivity index (χ1) is 9.72. The van der Waals surface area contributed by atoms with Gasteiger partial charge in [-0.05, 0) is 37.8 Å². The van der Waals surface area contributed by atoms with Crippen molar-refractivity contribution in [3.63, 3.8) is 0 Å². The fourth-order valence-corrected chi connectivity index (χ4v) is 2.35. The SMILES string of the molecule is CCCOc1cccn(CC(=O)N2CCCCC2)c1=O. The molecule has 0 unspecified atom stereocenters. The summed E-state index contributed by atoms with van der Waals surface area (Å²) in [6.07, 6.45) is 5.79. The fourth-order valence-electron chi connectivity index (χ4n) is 2.35. The summed E-state index contributed by atoms with van der Waals surface area (Å²) in [4.78, 5) is 26.2. The highest BCUT2D eigenvalue weighted by atomic mass is 16.5. The largest absolute Gasteiger partial charge is 0.488 e. The summed E-state index contributed by atoms with van der Waals surface area (Å²) in [7, 11) is 0. The molecule has 2 heterocycles. The third kappa shape index (κ3) is 3.62. The van der Waals surface area contributed by atoms with Crippen molar-refractivity contribution < 1.29 is 9.53 Å². The maximum absolute atomic E-state index is 12.2. The van der Waals surface area contributed by atoms with Crippen LogP contribution in [0.4, 0.5) is 0 Å². The van der Waals surface area contributed by atoms with Crippen LogP contribution < -0.4 is 10.3 Å². The maximum atomic E-state index is 12.2. The van der Waals surface area contributed by atoms with E-state index in [9.17, 15) is 9.59 Å². The third-order valence-corrected chi connectivity index (χ3v) is 3.46. The second-order valence-electron chi connectivity index (χ2n) is 5.10. The van der Waals surface area contributed by atoms with Gasteiger partial charge in [0, 0.05) is 19.3 Å². The molecule has 0 bridgehead atoms. The van der Waals surface area contributed by atoms with Gasteiger partial charge in [0.25, 0.3) is 5.56 Å². The van der Waals surface area contributed by atoms with E-state index in [-0.39, 0.29) is 18.0 Å². The number of hydrogen-bond acceptors (Lipinski definition) is 3. The first-order valence-corrected chi connectivity index (χ1v) is 7.32. The smallest absolute Gasteiger partial charge is 0.293 e. The first-order valence-electron chi connectivity index (χ1n) is 7.32. The van der Waals surface area contributed by atoms with Crippen molar-refractivity contribution >= 4 is 5.91 Å². The number of ether oxygens (including phenoxy) is 1. The molecular weight excluding hydrogens is 256 g/mol. The minimum atomic E-state index is -0.230. The zero-order valence-electron chi connectivity index (χ0n) is 12.0. The molecule has 0 saturated carbocycles. The number of aromatic nitrogens is 1. The Morgan fingerprint density at radius 2 is 2.05 bits per heavy atom. The lowest BCUT2D eigenvalue weighted by Gasteiger charge is -2.26. The normalized spacial score (nSPS) is 15.2. The molecule has 1 aromatic rings. The molecule has 0 spiro atoms. The Morgan fingerprint density at radius 1 is 1.30 bits per heavy atom. The summed E-state index contributed by atoms with van der Waals surface area (Å²) >= 11 is 0. The van der Waals surface area contributed by atoms with E-state index in [1.807, 2.05) is 11.8 Å². The summed E-state index contributed by atoms with van der Waals surface area (Å²) < 4.78 is 6.83. The van der Waals surface area contributed by atoms with Crippen molar-refractivity contribution in [3.8, 4) is 5.75 Å². The van der Waals surface area contributed by atoms with Crippen molar-refractivity contribution in [2.75, 3.05) is 19.7 Å². The van der Waals surface area contributed by atoms with Crippen LogP contribution >= 0.6 is 0 Å². The fraction of sp³-hybridized carbons (Fsp3) is 0.600. The van der Waals surface area contributed by atoms with Crippen LogP contribution in [0, 0.1) is 0 Å². The second kappa shape index (κ2) is 7.12. The quantitative estimate of drug-likeness (QED) is 0.823. The number of hydrogen-bond donors (Lipinski definition) is 0. The average molecular weight is 278 g/mol. The minimum Gasteiger partial charge on any atom is -0.488 e. The van der Waals surface area contributed by atoms with E-state index >= 15 is 0 Å². The summed E-state index contributed by atoms with van der Waals surface area (Å²) in [6.45, 7) is 4.21. The van der Waals surface area contributed by atoms with Gasteiger partial charge in [0.05, 0.1) is 6.61 Å². The summed E-state index contributed by atoms with van der Waals surface area (Å²) in [5.74, 6) is 0.334. The van der Waals surface area contributed by atoms with Gasteiger partial charge in [-0.3, -0.25) is 9.59 Å². The van der Waals surface area contributed by atoms with Crippen LogP contribution in [-0.2, 0) is 11.3 Å². The van der Waals surface area contributed by atoms with E-state index in [1.165, 1.54) is 11.0 Å². The van der Waals surface area contributed by atoms with Crippen LogP contribution in [0.25, 0.3) is 0 Å². The molecule has 20 heavy (non-hydrogen) atoms. The van der Waals surface area contributed by atoms with Crippen molar-refractivity contribution in [3.05, 3.63) is 28.7 Å². The monoisotopic (exact) mass is 278 g/mol. The molecule has 0 atom stereocenters. The summed E-state index contributed by atoms with van der Waals surface area (Å²) in [6, 6.07) is 3.40. The van der Waals surface area contributed by atoms with Crippen LogP contribution in [0.5, 0.6) is 5.75 Å². The van der Waals surface area contributed by atoms with Crippen molar-refractivity contribution in [2.45, 2.75) is 39.2 Å². The second-order valence-corrected chi connectivity index (χ2v) is 5.10. The predicted octanol–water partition coefficient (Wildman–Crippen LogP) is 1.65. The third-order valence-electron chi connectivity index (χ3n) is 3.46. The average Bonchev–Trinajstić information content (AvgIpc) is 2.49. The Bertz CT molecular complexity index is 504. The lowest BCUT2D eigenvalue weighted by molar-refractivity contribution is -0.132. The molecule has 0 N–H and O–H groups in total. The maximum Gasteiger partial charge on any atom is 0.293 e. The van der Waals surface area contributed by atoms with Crippen LogP contribution in [-0.4, -0.2) is 35.1 Å². The van der Waals surface area contributed by atoms with E-state index in [0.29, 0.717) is 12.4 Å². The zero-order valence-corrected chi connectivity index (χ0v) is 12.0. The topological polar surface area (TPSA) is 51.5 Å². The highest BCUT2D eigenvalue weighted by Crippen LogP contribution is 2.09. The lowest BCUT2D eigenvalue weighted by atomic mass is 10.1. The molecule has 0 aromatic carbocycles. The number of amides is 1. The van der Waals surface area contributed by atoms with Crippen LogP contribution in [0.1, 0.15) is 32.6 Å². The lowest BCUT2D eigenvalue weighted by Crippen LogP contribution is -2.39. The Balaban J connectivity index is 2.05. The highest BCUT2D eigenvalue weighted by molar-refractivity contribution is 5.76.